The summed E-state index contributed by atoms with van der Waals surface area (Å²) in [6.07, 6.45) is 1.59. The number of aromatic nitrogens is 2. The third-order valence-corrected chi connectivity index (χ3v) is 5.40. The first-order valence-electron chi connectivity index (χ1n) is 10.1. The van der Waals surface area contributed by atoms with Crippen molar-refractivity contribution in [2.75, 3.05) is 0 Å². The van der Waals surface area contributed by atoms with Crippen molar-refractivity contribution in [3.63, 3.8) is 0 Å². The lowest BCUT2D eigenvalue weighted by Gasteiger charge is -2.12. The van der Waals surface area contributed by atoms with Gasteiger partial charge in [-0.1, -0.05) is 60.7 Å². The number of aromatic amines is 1. The van der Waals surface area contributed by atoms with E-state index in [2.05, 4.69) is 4.98 Å². The second kappa shape index (κ2) is 7.67. The van der Waals surface area contributed by atoms with E-state index in [1.807, 2.05) is 67.6 Å². The molecule has 0 spiro atoms. The Balaban J connectivity index is 1.75. The minimum Gasteiger partial charge on any atom is -0.494 e. The van der Waals surface area contributed by atoms with Gasteiger partial charge in [0, 0.05) is 16.7 Å². The quantitative estimate of drug-likeness (QED) is 0.519. The van der Waals surface area contributed by atoms with Gasteiger partial charge in [-0.15, -0.1) is 0 Å². The summed E-state index contributed by atoms with van der Waals surface area (Å²) in [5.74, 6) is -0.423. The lowest BCUT2D eigenvalue weighted by atomic mass is 9.96. The first-order chi connectivity index (χ1) is 15.5. The molecule has 1 aromatic heterocycles. The number of allylic oxidation sites excluding steroid dienone is 1. The zero-order valence-electron chi connectivity index (χ0n) is 17.2. The minimum absolute atomic E-state index is 0.0126. The lowest BCUT2D eigenvalue weighted by Crippen LogP contribution is -2.30. The van der Waals surface area contributed by atoms with Gasteiger partial charge in [0.2, 0.25) is 5.88 Å². The Hall–Kier alpha value is -4.45. The van der Waals surface area contributed by atoms with Gasteiger partial charge >= 0.3 is 5.69 Å². The van der Waals surface area contributed by atoms with Gasteiger partial charge < -0.3 is 5.11 Å². The zero-order chi connectivity index (χ0) is 22.2. The van der Waals surface area contributed by atoms with Crippen LogP contribution in [0.15, 0.2) is 93.4 Å². The van der Waals surface area contributed by atoms with E-state index in [1.165, 1.54) is 0 Å². The van der Waals surface area contributed by atoms with Crippen LogP contribution in [0.3, 0.4) is 0 Å². The second-order valence-electron chi connectivity index (χ2n) is 7.57. The molecule has 2 heterocycles. The van der Waals surface area contributed by atoms with Gasteiger partial charge in [-0.25, -0.2) is 14.4 Å². The van der Waals surface area contributed by atoms with Crippen LogP contribution in [-0.4, -0.2) is 20.4 Å². The summed E-state index contributed by atoms with van der Waals surface area (Å²) in [6, 6.07) is 24.4. The molecule has 6 nitrogen and oxygen atoms in total. The molecule has 0 saturated carbocycles. The van der Waals surface area contributed by atoms with Crippen LogP contribution in [0, 0.1) is 6.92 Å². The summed E-state index contributed by atoms with van der Waals surface area (Å²) < 4.78 is 1.10. The lowest BCUT2D eigenvalue weighted by molar-refractivity contribution is 0.429. The number of hydrogen-bond donors (Lipinski definition) is 2. The van der Waals surface area contributed by atoms with Crippen LogP contribution in [-0.2, 0) is 0 Å². The fourth-order valence-corrected chi connectivity index (χ4v) is 3.89. The van der Waals surface area contributed by atoms with Crippen molar-refractivity contribution in [3.8, 4) is 11.6 Å². The van der Waals surface area contributed by atoms with Crippen molar-refractivity contribution in [3.05, 3.63) is 122 Å². The van der Waals surface area contributed by atoms with Crippen LogP contribution in [0.2, 0.25) is 0 Å². The highest BCUT2D eigenvalue weighted by Gasteiger charge is 2.24. The summed E-state index contributed by atoms with van der Waals surface area (Å²) in [4.78, 5) is 32.4. The number of rotatable bonds is 3. The van der Waals surface area contributed by atoms with E-state index in [1.54, 1.807) is 24.3 Å². The van der Waals surface area contributed by atoms with Gasteiger partial charge in [0.15, 0.2) is 0 Å². The third-order valence-electron chi connectivity index (χ3n) is 5.40. The monoisotopic (exact) mass is 421 g/mol. The molecule has 6 heteroatoms. The van der Waals surface area contributed by atoms with Crippen LogP contribution in [0.5, 0.6) is 5.88 Å². The van der Waals surface area contributed by atoms with Crippen LogP contribution in [0.25, 0.3) is 17.3 Å². The number of benzene rings is 3. The van der Waals surface area contributed by atoms with E-state index in [0.717, 1.165) is 26.9 Å². The molecule has 0 radical (unpaired) electrons. The second-order valence-corrected chi connectivity index (χ2v) is 7.57. The van der Waals surface area contributed by atoms with E-state index >= 15 is 0 Å². The molecule has 0 amide bonds. The molecular formula is C26H19N3O3. The summed E-state index contributed by atoms with van der Waals surface area (Å²) >= 11 is 0. The molecule has 2 N–H and O–H groups in total. The standard InChI is InChI=1S/C26H19N3O3/c1-16-8-7-11-18(14-16)29-25(31)21(24(30)28-26(29)32)15-20-19-12-5-6-13-22(19)27-23(20)17-9-3-2-4-10-17/h2-15,31H,1H3,(H,28,30,32)/b20-15+. The number of fused-ring (bicyclic) bond motifs is 1. The van der Waals surface area contributed by atoms with Gasteiger partial charge in [0.25, 0.3) is 5.56 Å². The van der Waals surface area contributed by atoms with Crippen LogP contribution < -0.4 is 11.2 Å². The molecule has 1 aliphatic heterocycles. The molecule has 4 aromatic rings. The topological polar surface area (TPSA) is 87.4 Å². The molecule has 0 fully saturated rings. The zero-order valence-corrected chi connectivity index (χ0v) is 17.2. The number of hydrogen-bond acceptors (Lipinski definition) is 4. The van der Waals surface area contributed by atoms with Crippen molar-refractivity contribution in [2.45, 2.75) is 6.92 Å². The smallest absolute Gasteiger partial charge is 0.335 e. The average Bonchev–Trinajstić information content (AvgIpc) is 3.15. The maximum Gasteiger partial charge on any atom is 0.335 e. The number of nitrogens with zero attached hydrogens (tertiary/aromatic N) is 2. The summed E-state index contributed by atoms with van der Waals surface area (Å²) in [7, 11) is 0. The molecule has 32 heavy (non-hydrogen) atoms. The Labute approximate surface area is 183 Å². The van der Waals surface area contributed by atoms with Crippen molar-refractivity contribution >= 4 is 23.0 Å². The number of nitrogens with one attached hydrogen (secondary N) is 1. The number of aliphatic imine (C=N–C) groups is 1. The van der Waals surface area contributed by atoms with Crippen LogP contribution in [0.1, 0.15) is 22.3 Å². The van der Waals surface area contributed by atoms with Gasteiger partial charge in [-0.05, 0) is 36.8 Å². The molecule has 3 aromatic carbocycles. The van der Waals surface area contributed by atoms with E-state index < -0.39 is 17.1 Å². The van der Waals surface area contributed by atoms with Gasteiger partial charge in [-0.3, -0.25) is 9.78 Å². The molecule has 1 aliphatic rings. The summed E-state index contributed by atoms with van der Waals surface area (Å²) in [5, 5.41) is 11.0. The molecule has 0 bridgehead atoms. The fraction of sp³-hybridized carbons (Fsp3) is 0.0385. The number of aromatic hydroxyl groups is 1. The minimum atomic E-state index is -0.705. The molecule has 5 rings (SSSR count). The normalized spacial score (nSPS) is 13.8. The van der Waals surface area contributed by atoms with E-state index in [9.17, 15) is 14.7 Å². The van der Waals surface area contributed by atoms with Crippen molar-refractivity contribution in [1.29, 1.82) is 0 Å². The Bertz CT molecular complexity index is 1530. The fourth-order valence-electron chi connectivity index (χ4n) is 3.89. The number of para-hydroxylation sites is 1. The molecular weight excluding hydrogens is 402 g/mol. The molecule has 0 unspecified atom stereocenters. The highest BCUT2D eigenvalue weighted by atomic mass is 16.3. The van der Waals surface area contributed by atoms with Gasteiger partial charge in [0.1, 0.15) is 5.56 Å². The van der Waals surface area contributed by atoms with Crippen LogP contribution in [0.4, 0.5) is 5.69 Å². The summed E-state index contributed by atoms with van der Waals surface area (Å²) in [6.45, 7) is 1.89. The van der Waals surface area contributed by atoms with Gasteiger partial charge in [0.05, 0.1) is 17.1 Å². The van der Waals surface area contributed by atoms with Crippen molar-refractivity contribution in [1.82, 2.24) is 9.55 Å². The molecule has 0 atom stereocenters. The van der Waals surface area contributed by atoms with Crippen molar-refractivity contribution < 1.29 is 5.11 Å². The predicted molar refractivity (Wildman–Crippen MR) is 126 cm³/mol. The Morgan fingerprint density at radius 2 is 1.69 bits per heavy atom. The summed E-state index contributed by atoms with van der Waals surface area (Å²) in [5.41, 5.74) is 3.90. The molecule has 0 aliphatic carbocycles. The Kier molecular flexibility index (Phi) is 4.67. The number of aryl methyl sites for hydroxylation is 1. The first kappa shape index (κ1) is 19.5. The maximum atomic E-state index is 12.7. The maximum absolute atomic E-state index is 12.7. The largest absolute Gasteiger partial charge is 0.494 e. The Morgan fingerprint density at radius 1 is 0.938 bits per heavy atom. The Morgan fingerprint density at radius 3 is 2.47 bits per heavy atom. The van der Waals surface area contributed by atoms with Gasteiger partial charge in [-0.2, -0.15) is 0 Å². The van der Waals surface area contributed by atoms with E-state index in [4.69, 9.17) is 4.99 Å². The van der Waals surface area contributed by atoms with Crippen LogP contribution >= 0.6 is 0 Å². The third kappa shape index (κ3) is 3.28. The number of H-pyrrole nitrogens is 1. The van der Waals surface area contributed by atoms with E-state index in [0.29, 0.717) is 17.0 Å². The SMILES string of the molecule is Cc1cccc(-n2c(O)c(/C=C3/C(c4ccccc4)=Nc4ccccc43)c(=O)[nH]c2=O)c1. The average molecular weight is 421 g/mol. The van der Waals surface area contributed by atoms with Crippen molar-refractivity contribution in [2.24, 2.45) is 4.99 Å². The first-order valence-corrected chi connectivity index (χ1v) is 10.1. The highest BCUT2D eigenvalue weighted by Crippen LogP contribution is 2.38. The molecule has 156 valence electrons. The highest BCUT2D eigenvalue weighted by molar-refractivity contribution is 6.39. The molecule has 0 saturated heterocycles. The van der Waals surface area contributed by atoms with E-state index in [-0.39, 0.29) is 5.56 Å². The predicted octanol–water partition coefficient (Wildman–Crippen LogP) is 4.21.